The van der Waals surface area contributed by atoms with Crippen molar-refractivity contribution in [1.29, 1.82) is 0 Å². The van der Waals surface area contributed by atoms with Crippen molar-refractivity contribution >= 4 is 21.4 Å². The van der Waals surface area contributed by atoms with Crippen molar-refractivity contribution in [3.8, 4) is 0 Å². The molecule has 0 amide bonds. The van der Waals surface area contributed by atoms with Crippen LogP contribution in [-0.4, -0.2) is 26.0 Å². The maximum Gasteiger partial charge on any atom is 0.152 e. The summed E-state index contributed by atoms with van der Waals surface area (Å²) in [6.07, 6.45) is 0. The molecule has 0 aliphatic carbocycles. The molecule has 1 heterocycles. The highest BCUT2D eigenvalue weighted by atomic mass is 35.5. The zero-order valence-corrected chi connectivity index (χ0v) is 9.63. The van der Waals surface area contributed by atoms with Crippen molar-refractivity contribution in [3.05, 3.63) is 34.9 Å². The summed E-state index contributed by atoms with van der Waals surface area (Å²) in [6.45, 7) is 0. The topological polar surface area (TPSA) is 60.2 Å². The first-order valence-electron chi connectivity index (χ1n) is 4.69. The molecule has 0 saturated carbocycles. The van der Waals surface area contributed by atoms with Crippen LogP contribution in [0.3, 0.4) is 0 Å². The second-order valence-electron chi connectivity index (χ2n) is 3.90. The van der Waals surface area contributed by atoms with E-state index in [1.807, 2.05) is 12.1 Å². The molecule has 1 aromatic rings. The summed E-state index contributed by atoms with van der Waals surface area (Å²) < 4.78 is 22.8. The number of sulfone groups is 1. The summed E-state index contributed by atoms with van der Waals surface area (Å²) in [6, 6.07) is 6.90. The molecule has 3 nitrogen and oxygen atoms in total. The van der Waals surface area contributed by atoms with Crippen molar-refractivity contribution in [2.45, 2.75) is 12.0 Å². The molecule has 0 aromatic heterocycles. The molecule has 15 heavy (non-hydrogen) atoms. The Morgan fingerprint density at radius 1 is 1.20 bits per heavy atom. The van der Waals surface area contributed by atoms with Gasteiger partial charge in [0, 0.05) is 17.0 Å². The SMILES string of the molecule is NC1CS(=O)(=O)CC1c1ccc(Cl)cc1. The van der Waals surface area contributed by atoms with Gasteiger partial charge in [0.2, 0.25) is 0 Å². The van der Waals surface area contributed by atoms with E-state index in [1.54, 1.807) is 12.1 Å². The Morgan fingerprint density at radius 2 is 1.80 bits per heavy atom. The quantitative estimate of drug-likeness (QED) is 0.808. The normalized spacial score (nSPS) is 29.2. The molecule has 2 unspecified atom stereocenters. The van der Waals surface area contributed by atoms with Crippen molar-refractivity contribution in [2.75, 3.05) is 11.5 Å². The van der Waals surface area contributed by atoms with Gasteiger partial charge >= 0.3 is 0 Å². The molecule has 2 N–H and O–H groups in total. The number of rotatable bonds is 1. The first-order chi connectivity index (χ1) is 6.98. The van der Waals surface area contributed by atoms with Gasteiger partial charge in [-0.1, -0.05) is 23.7 Å². The maximum absolute atomic E-state index is 11.4. The standard InChI is InChI=1S/C10H12ClNO2S/c11-8-3-1-7(2-4-8)9-5-15(13,14)6-10(9)12/h1-4,9-10H,5-6,12H2. The molecule has 0 bridgehead atoms. The van der Waals surface area contributed by atoms with Crippen LogP contribution in [0.2, 0.25) is 5.02 Å². The van der Waals surface area contributed by atoms with E-state index in [0.717, 1.165) is 5.56 Å². The number of hydrogen-bond donors (Lipinski definition) is 1. The lowest BCUT2D eigenvalue weighted by atomic mass is 9.95. The molecule has 2 atom stereocenters. The first kappa shape index (κ1) is 10.9. The second-order valence-corrected chi connectivity index (χ2v) is 6.49. The number of halogens is 1. The molecular weight excluding hydrogens is 234 g/mol. The van der Waals surface area contributed by atoms with Gasteiger partial charge in [0.05, 0.1) is 11.5 Å². The van der Waals surface area contributed by atoms with Gasteiger partial charge in [-0.05, 0) is 17.7 Å². The van der Waals surface area contributed by atoms with E-state index in [1.165, 1.54) is 0 Å². The average Bonchev–Trinajstić information content (AvgIpc) is 2.41. The van der Waals surface area contributed by atoms with Crippen LogP contribution in [0.4, 0.5) is 0 Å². The summed E-state index contributed by atoms with van der Waals surface area (Å²) in [5.41, 5.74) is 6.76. The fourth-order valence-corrected chi connectivity index (χ4v) is 4.00. The van der Waals surface area contributed by atoms with Gasteiger partial charge < -0.3 is 5.73 Å². The lowest BCUT2D eigenvalue weighted by molar-refractivity contribution is 0.601. The highest BCUT2D eigenvalue weighted by Crippen LogP contribution is 2.28. The molecule has 1 aliphatic heterocycles. The zero-order valence-electron chi connectivity index (χ0n) is 8.06. The molecule has 1 saturated heterocycles. The largest absolute Gasteiger partial charge is 0.326 e. The van der Waals surface area contributed by atoms with Crippen molar-refractivity contribution in [2.24, 2.45) is 5.73 Å². The molecule has 0 radical (unpaired) electrons. The van der Waals surface area contributed by atoms with Crippen LogP contribution in [0.5, 0.6) is 0 Å². The summed E-state index contributed by atoms with van der Waals surface area (Å²) in [5.74, 6) is 0.142. The fourth-order valence-electron chi connectivity index (χ4n) is 1.93. The monoisotopic (exact) mass is 245 g/mol. The van der Waals surface area contributed by atoms with Crippen LogP contribution in [0.15, 0.2) is 24.3 Å². The number of nitrogens with two attached hydrogens (primary N) is 1. The molecule has 1 fully saturated rings. The lowest BCUT2D eigenvalue weighted by Crippen LogP contribution is -2.27. The third-order valence-corrected chi connectivity index (χ3v) is 4.71. The van der Waals surface area contributed by atoms with Gasteiger partial charge in [0.25, 0.3) is 0 Å². The predicted octanol–water partition coefficient (Wildman–Crippen LogP) is 1.18. The Morgan fingerprint density at radius 3 is 2.27 bits per heavy atom. The number of hydrogen-bond acceptors (Lipinski definition) is 3. The van der Waals surface area contributed by atoms with E-state index >= 15 is 0 Å². The van der Waals surface area contributed by atoms with E-state index in [-0.39, 0.29) is 23.5 Å². The van der Waals surface area contributed by atoms with E-state index in [2.05, 4.69) is 0 Å². The van der Waals surface area contributed by atoms with Crippen LogP contribution >= 0.6 is 11.6 Å². The summed E-state index contributed by atoms with van der Waals surface area (Å²) in [7, 11) is -2.96. The van der Waals surface area contributed by atoms with Crippen LogP contribution in [0, 0.1) is 0 Å². The van der Waals surface area contributed by atoms with Gasteiger partial charge in [0.1, 0.15) is 0 Å². The molecular formula is C10H12ClNO2S. The first-order valence-corrected chi connectivity index (χ1v) is 6.89. The van der Waals surface area contributed by atoms with E-state index in [4.69, 9.17) is 17.3 Å². The predicted molar refractivity (Wildman–Crippen MR) is 60.8 cm³/mol. The smallest absolute Gasteiger partial charge is 0.152 e. The minimum Gasteiger partial charge on any atom is -0.326 e. The highest BCUT2D eigenvalue weighted by Gasteiger charge is 2.35. The van der Waals surface area contributed by atoms with Crippen LogP contribution in [0.25, 0.3) is 0 Å². The molecule has 0 spiro atoms. The minimum atomic E-state index is -2.96. The van der Waals surface area contributed by atoms with E-state index in [9.17, 15) is 8.42 Å². The summed E-state index contributed by atoms with van der Waals surface area (Å²) >= 11 is 5.76. The summed E-state index contributed by atoms with van der Waals surface area (Å²) in [4.78, 5) is 0. The Kier molecular flexibility index (Phi) is 2.75. The van der Waals surface area contributed by atoms with Crippen LogP contribution in [0.1, 0.15) is 11.5 Å². The van der Waals surface area contributed by atoms with Crippen molar-refractivity contribution < 1.29 is 8.42 Å². The van der Waals surface area contributed by atoms with Crippen LogP contribution < -0.4 is 5.73 Å². The van der Waals surface area contributed by atoms with Gasteiger partial charge in [-0.15, -0.1) is 0 Å². The Labute approximate surface area is 94.2 Å². The lowest BCUT2D eigenvalue weighted by Gasteiger charge is -2.13. The van der Waals surface area contributed by atoms with E-state index < -0.39 is 9.84 Å². The van der Waals surface area contributed by atoms with Crippen molar-refractivity contribution in [3.63, 3.8) is 0 Å². The van der Waals surface area contributed by atoms with E-state index in [0.29, 0.717) is 5.02 Å². The fraction of sp³-hybridized carbons (Fsp3) is 0.400. The molecule has 1 aromatic carbocycles. The van der Waals surface area contributed by atoms with Gasteiger partial charge in [-0.2, -0.15) is 0 Å². The minimum absolute atomic E-state index is 0.0836. The molecule has 2 rings (SSSR count). The Balaban J connectivity index is 2.29. The van der Waals surface area contributed by atoms with Gasteiger partial charge in [-0.3, -0.25) is 0 Å². The van der Waals surface area contributed by atoms with Crippen molar-refractivity contribution in [1.82, 2.24) is 0 Å². The molecule has 82 valence electrons. The third-order valence-electron chi connectivity index (χ3n) is 2.69. The Hall–Kier alpha value is -0.580. The number of benzene rings is 1. The van der Waals surface area contributed by atoms with Gasteiger partial charge in [0.15, 0.2) is 9.84 Å². The Bertz CT molecular complexity index is 455. The second kappa shape index (κ2) is 3.77. The molecule has 1 aliphatic rings. The maximum atomic E-state index is 11.4. The highest BCUT2D eigenvalue weighted by molar-refractivity contribution is 7.91. The van der Waals surface area contributed by atoms with Gasteiger partial charge in [-0.25, -0.2) is 8.42 Å². The zero-order chi connectivity index (χ0) is 11.1. The average molecular weight is 246 g/mol. The summed E-state index contributed by atoms with van der Waals surface area (Å²) in [5, 5.41) is 0.646. The molecule has 5 heteroatoms. The van der Waals surface area contributed by atoms with Crippen LogP contribution in [-0.2, 0) is 9.84 Å². The third kappa shape index (κ3) is 2.33.